The molecule has 0 amide bonds. The Morgan fingerprint density at radius 2 is 2.39 bits per heavy atom. The van der Waals surface area contributed by atoms with Gasteiger partial charge in [-0.1, -0.05) is 18.3 Å². The molecule has 2 aromatic heterocycles. The van der Waals surface area contributed by atoms with E-state index in [9.17, 15) is 4.79 Å². The van der Waals surface area contributed by atoms with Crippen LogP contribution in [0.1, 0.15) is 22.8 Å². The van der Waals surface area contributed by atoms with Crippen LogP contribution in [-0.4, -0.2) is 27.3 Å². The lowest BCUT2D eigenvalue weighted by Crippen LogP contribution is -2.06. The molecule has 0 fully saturated rings. The van der Waals surface area contributed by atoms with E-state index in [0.717, 1.165) is 5.56 Å². The van der Waals surface area contributed by atoms with E-state index in [1.165, 1.54) is 6.20 Å². The molecule has 18 heavy (non-hydrogen) atoms. The first-order chi connectivity index (χ1) is 8.65. The summed E-state index contributed by atoms with van der Waals surface area (Å²) in [5.41, 5.74) is 1.31. The van der Waals surface area contributed by atoms with Crippen LogP contribution in [0, 0.1) is 11.6 Å². The van der Waals surface area contributed by atoms with Crippen LogP contribution in [-0.2, 0) is 4.74 Å². The minimum atomic E-state index is -0.425. The van der Waals surface area contributed by atoms with Crippen LogP contribution in [0.4, 0.5) is 0 Å². The van der Waals surface area contributed by atoms with Gasteiger partial charge in [-0.2, -0.15) is 0 Å². The van der Waals surface area contributed by atoms with E-state index in [-0.39, 0.29) is 0 Å². The summed E-state index contributed by atoms with van der Waals surface area (Å²) in [6, 6.07) is 3.77. The van der Waals surface area contributed by atoms with E-state index in [1.807, 2.05) is 19.1 Å². The smallest absolute Gasteiger partial charge is 0.342 e. The van der Waals surface area contributed by atoms with Crippen LogP contribution in [0.5, 0.6) is 0 Å². The number of pyridine rings is 1. The fraction of sp³-hybridized carbons (Fsp3) is 0.250. The molecule has 2 heterocycles. The standard InChI is InChI=1S/C12H13N3O2S/c1-3-17-12(16)9-7-14-15(11(9)18)10-8(2)5-4-6-13-10/h4-7,14H,3H2,1-2H3. The number of esters is 1. The highest BCUT2D eigenvalue weighted by atomic mass is 32.1. The molecule has 0 aliphatic rings. The molecule has 0 aliphatic heterocycles. The van der Waals surface area contributed by atoms with Gasteiger partial charge in [0.05, 0.1) is 6.61 Å². The van der Waals surface area contributed by atoms with Gasteiger partial charge in [-0.15, -0.1) is 0 Å². The second kappa shape index (κ2) is 5.14. The van der Waals surface area contributed by atoms with Crippen LogP contribution in [0.2, 0.25) is 0 Å². The Kier molecular flexibility index (Phi) is 3.57. The molecule has 6 heteroatoms. The molecule has 5 nitrogen and oxygen atoms in total. The van der Waals surface area contributed by atoms with Gasteiger partial charge < -0.3 is 4.74 Å². The highest BCUT2D eigenvalue weighted by Crippen LogP contribution is 2.13. The molecule has 2 aromatic rings. The van der Waals surface area contributed by atoms with E-state index in [4.69, 9.17) is 17.0 Å². The highest BCUT2D eigenvalue weighted by molar-refractivity contribution is 7.71. The monoisotopic (exact) mass is 263 g/mol. The van der Waals surface area contributed by atoms with Crippen LogP contribution >= 0.6 is 12.2 Å². The maximum Gasteiger partial charge on any atom is 0.342 e. The number of aromatic nitrogens is 3. The topological polar surface area (TPSA) is 59.9 Å². The maximum absolute atomic E-state index is 11.7. The zero-order chi connectivity index (χ0) is 13.1. The van der Waals surface area contributed by atoms with Crippen molar-refractivity contribution in [3.05, 3.63) is 40.3 Å². The number of carbonyl (C=O) groups is 1. The van der Waals surface area contributed by atoms with Gasteiger partial charge in [0, 0.05) is 12.4 Å². The summed E-state index contributed by atoms with van der Waals surface area (Å²) in [6.07, 6.45) is 3.21. The van der Waals surface area contributed by atoms with Crippen molar-refractivity contribution in [1.29, 1.82) is 0 Å². The van der Waals surface area contributed by atoms with Crippen molar-refractivity contribution in [2.24, 2.45) is 0 Å². The third kappa shape index (κ3) is 2.19. The number of carbonyl (C=O) groups excluding carboxylic acids is 1. The van der Waals surface area contributed by atoms with Crippen molar-refractivity contribution in [1.82, 2.24) is 14.8 Å². The molecular formula is C12H13N3O2S. The molecule has 0 unspecified atom stereocenters. The summed E-state index contributed by atoms with van der Waals surface area (Å²) in [5.74, 6) is 0.254. The van der Waals surface area contributed by atoms with E-state index in [0.29, 0.717) is 22.6 Å². The van der Waals surface area contributed by atoms with Crippen molar-refractivity contribution in [3.8, 4) is 5.82 Å². The molecule has 0 aromatic carbocycles. The van der Waals surface area contributed by atoms with Gasteiger partial charge in [0.25, 0.3) is 0 Å². The second-order valence-corrected chi connectivity index (χ2v) is 4.08. The summed E-state index contributed by atoms with van der Waals surface area (Å²) in [4.78, 5) is 15.9. The molecule has 0 atom stereocenters. The normalized spacial score (nSPS) is 10.3. The number of ether oxygens (including phenoxy) is 1. The van der Waals surface area contributed by atoms with Crippen molar-refractivity contribution >= 4 is 18.2 Å². The first-order valence-electron chi connectivity index (χ1n) is 5.54. The van der Waals surface area contributed by atoms with Crippen molar-refractivity contribution in [2.75, 3.05) is 6.61 Å². The lowest BCUT2D eigenvalue weighted by atomic mass is 10.3. The third-order valence-corrected chi connectivity index (χ3v) is 2.86. The lowest BCUT2D eigenvalue weighted by molar-refractivity contribution is 0.0525. The van der Waals surface area contributed by atoms with Crippen LogP contribution in [0.15, 0.2) is 24.5 Å². The number of aromatic amines is 1. The predicted molar refractivity (Wildman–Crippen MR) is 69.4 cm³/mol. The third-order valence-electron chi connectivity index (χ3n) is 2.46. The number of rotatable bonds is 3. The Hall–Kier alpha value is -1.95. The fourth-order valence-corrected chi connectivity index (χ4v) is 1.88. The Bertz CT molecular complexity index is 630. The molecule has 0 saturated carbocycles. The van der Waals surface area contributed by atoms with Crippen molar-refractivity contribution in [3.63, 3.8) is 0 Å². The summed E-state index contributed by atoms with van der Waals surface area (Å²) in [7, 11) is 0. The summed E-state index contributed by atoms with van der Waals surface area (Å²) < 4.78 is 6.89. The number of aryl methyl sites for hydroxylation is 1. The SMILES string of the molecule is CCOC(=O)c1c[nH]n(-c2ncccc2C)c1=S. The van der Waals surface area contributed by atoms with Gasteiger partial charge in [-0.25, -0.2) is 14.5 Å². The van der Waals surface area contributed by atoms with E-state index < -0.39 is 5.97 Å². The molecular weight excluding hydrogens is 250 g/mol. The minimum Gasteiger partial charge on any atom is -0.462 e. The Balaban J connectivity index is 2.47. The Morgan fingerprint density at radius 1 is 1.61 bits per heavy atom. The van der Waals surface area contributed by atoms with Crippen LogP contribution in [0.25, 0.3) is 5.82 Å². The molecule has 0 bridgehead atoms. The molecule has 0 aliphatic carbocycles. The number of hydrogen-bond donors (Lipinski definition) is 1. The molecule has 1 N–H and O–H groups in total. The van der Waals surface area contributed by atoms with Crippen molar-refractivity contribution < 1.29 is 9.53 Å². The van der Waals surface area contributed by atoms with Crippen LogP contribution in [0.3, 0.4) is 0 Å². The van der Waals surface area contributed by atoms with Gasteiger partial charge in [0.15, 0.2) is 5.82 Å². The first-order valence-corrected chi connectivity index (χ1v) is 5.95. The largest absolute Gasteiger partial charge is 0.462 e. The highest BCUT2D eigenvalue weighted by Gasteiger charge is 2.14. The van der Waals surface area contributed by atoms with E-state index in [2.05, 4.69) is 10.1 Å². The second-order valence-electron chi connectivity index (χ2n) is 3.69. The molecule has 2 rings (SSSR count). The zero-order valence-electron chi connectivity index (χ0n) is 10.1. The number of nitrogens with zero attached hydrogens (tertiary/aromatic N) is 2. The Morgan fingerprint density at radius 3 is 3.06 bits per heavy atom. The molecule has 0 radical (unpaired) electrons. The Labute approximate surface area is 109 Å². The zero-order valence-corrected chi connectivity index (χ0v) is 11.0. The van der Waals surface area contributed by atoms with E-state index >= 15 is 0 Å². The van der Waals surface area contributed by atoms with Crippen molar-refractivity contribution in [2.45, 2.75) is 13.8 Å². The average Bonchev–Trinajstić information content (AvgIpc) is 2.72. The quantitative estimate of drug-likeness (QED) is 0.682. The van der Waals surface area contributed by atoms with Gasteiger partial charge in [0.2, 0.25) is 0 Å². The molecule has 94 valence electrons. The number of H-pyrrole nitrogens is 1. The average molecular weight is 263 g/mol. The van der Waals surface area contributed by atoms with E-state index in [1.54, 1.807) is 17.8 Å². The lowest BCUT2D eigenvalue weighted by Gasteiger charge is -2.04. The summed E-state index contributed by atoms with van der Waals surface area (Å²) in [6.45, 7) is 4.00. The number of hydrogen-bond acceptors (Lipinski definition) is 4. The summed E-state index contributed by atoms with van der Waals surface area (Å²) in [5, 5.41) is 2.92. The molecule has 0 saturated heterocycles. The fourth-order valence-electron chi connectivity index (χ4n) is 1.59. The summed E-state index contributed by atoms with van der Waals surface area (Å²) >= 11 is 5.25. The van der Waals surface area contributed by atoms with Crippen LogP contribution < -0.4 is 0 Å². The number of nitrogens with one attached hydrogen (secondary N) is 1. The maximum atomic E-state index is 11.7. The first kappa shape index (κ1) is 12.5. The van der Waals surface area contributed by atoms with Gasteiger partial charge in [-0.3, -0.25) is 5.10 Å². The predicted octanol–water partition coefficient (Wildman–Crippen LogP) is 2.42. The molecule has 0 spiro atoms. The van der Waals surface area contributed by atoms with Gasteiger partial charge >= 0.3 is 5.97 Å². The van der Waals surface area contributed by atoms with Gasteiger partial charge in [-0.05, 0) is 25.5 Å². The van der Waals surface area contributed by atoms with Gasteiger partial charge in [0.1, 0.15) is 10.2 Å². The minimum absolute atomic E-state index is 0.321.